The van der Waals surface area contributed by atoms with Crippen molar-refractivity contribution in [2.75, 3.05) is 31.1 Å². The quantitative estimate of drug-likeness (QED) is 0.898. The standard InChI is InChI=1S/C16H18N4O3/c17-11-16(4-1-5-16)15(23)20-8-6-19(7-9-20)13-3-2-12(10-18-13)14(21)22/h2-3,10H,1,4-9H2,(H,21,22). The Morgan fingerprint density at radius 3 is 2.35 bits per heavy atom. The molecular weight excluding hydrogens is 296 g/mol. The summed E-state index contributed by atoms with van der Waals surface area (Å²) in [6.07, 6.45) is 3.62. The van der Waals surface area contributed by atoms with E-state index in [0.717, 1.165) is 6.42 Å². The molecule has 0 aromatic carbocycles. The Kier molecular flexibility index (Phi) is 3.90. The van der Waals surface area contributed by atoms with Gasteiger partial charge in [0.2, 0.25) is 5.91 Å². The molecule has 2 aliphatic rings. The van der Waals surface area contributed by atoms with E-state index in [2.05, 4.69) is 11.1 Å². The molecule has 0 atom stereocenters. The molecule has 23 heavy (non-hydrogen) atoms. The highest BCUT2D eigenvalue weighted by Gasteiger charge is 2.47. The molecule has 0 radical (unpaired) electrons. The maximum absolute atomic E-state index is 12.5. The SMILES string of the molecule is N#CC1(C(=O)N2CCN(c3ccc(C(=O)O)cn3)CC2)CCC1. The largest absolute Gasteiger partial charge is 0.478 e. The second-order valence-electron chi connectivity index (χ2n) is 6.04. The summed E-state index contributed by atoms with van der Waals surface area (Å²) in [6.45, 7) is 2.38. The highest BCUT2D eigenvalue weighted by atomic mass is 16.4. The van der Waals surface area contributed by atoms with Crippen LogP contribution in [0.3, 0.4) is 0 Å². The summed E-state index contributed by atoms with van der Waals surface area (Å²) in [4.78, 5) is 31.3. The number of carboxylic acid groups (broad SMARTS) is 1. The zero-order valence-electron chi connectivity index (χ0n) is 12.7. The van der Waals surface area contributed by atoms with E-state index in [1.165, 1.54) is 12.3 Å². The Morgan fingerprint density at radius 1 is 1.22 bits per heavy atom. The highest BCUT2D eigenvalue weighted by Crippen LogP contribution is 2.42. The summed E-state index contributed by atoms with van der Waals surface area (Å²) in [7, 11) is 0. The number of aromatic nitrogens is 1. The maximum Gasteiger partial charge on any atom is 0.337 e. The molecule has 1 N–H and O–H groups in total. The van der Waals surface area contributed by atoms with Gasteiger partial charge in [0.15, 0.2) is 0 Å². The monoisotopic (exact) mass is 314 g/mol. The lowest BCUT2D eigenvalue weighted by atomic mass is 9.69. The molecule has 1 saturated heterocycles. The lowest BCUT2D eigenvalue weighted by Gasteiger charge is -2.42. The van der Waals surface area contributed by atoms with Gasteiger partial charge in [0, 0.05) is 32.4 Å². The van der Waals surface area contributed by atoms with Gasteiger partial charge in [-0.25, -0.2) is 9.78 Å². The number of hydrogen-bond acceptors (Lipinski definition) is 5. The molecular formula is C16H18N4O3. The number of aromatic carboxylic acids is 1. The second kappa shape index (κ2) is 5.88. The summed E-state index contributed by atoms with van der Waals surface area (Å²) in [5.41, 5.74) is -0.632. The number of carbonyl (C=O) groups excluding carboxylic acids is 1. The smallest absolute Gasteiger partial charge is 0.337 e. The Balaban J connectivity index is 1.61. The summed E-state index contributed by atoms with van der Waals surface area (Å²) in [5, 5.41) is 18.2. The number of piperazine rings is 1. The number of nitrogens with zero attached hydrogens (tertiary/aromatic N) is 4. The van der Waals surface area contributed by atoms with Crippen molar-refractivity contribution in [3.8, 4) is 6.07 Å². The van der Waals surface area contributed by atoms with E-state index in [-0.39, 0.29) is 11.5 Å². The number of carbonyl (C=O) groups is 2. The van der Waals surface area contributed by atoms with Crippen LogP contribution in [0.2, 0.25) is 0 Å². The van der Waals surface area contributed by atoms with Gasteiger partial charge < -0.3 is 14.9 Å². The van der Waals surface area contributed by atoms with Crippen LogP contribution in [-0.2, 0) is 4.79 Å². The van der Waals surface area contributed by atoms with Crippen molar-refractivity contribution in [2.24, 2.45) is 5.41 Å². The molecule has 1 aromatic rings. The molecule has 0 bridgehead atoms. The van der Waals surface area contributed by atoms with Crippen LogP contribution in [0.1, 0.15) is 29.6 Å². The molecule has 1 aromatic heterocycles. The lowest BCUT2D eigenvalue weighted by molar-refractivity contribution is -0.143. The number of rotatable bonds is 3. The van der Waals surface area contributed by atoms with Crippen LogP contribution in [0.5, 0.6) is 0 Å². The number of pyridine rings is 1. The van der Waals surface area contributed by atoms with Gasteiger partial charge in [-0.15, -0.1) is 0 Å². The van der Waals surface area contributed by atoms with Gasteiger partial charge in [-0.3, -0.25) is 4.79 Å². The number of amides is 1. The Hall–Kier alpha value is -2.62. The third kappa shape index (κ3) is 2.72. The first-order chi connectivity index (χ1) is 11.1. The average molecular weight is 314 g/mol. The normalized spacial score (nSPS) is 19.6. The van der Waals surface area contributed by atoms with E-state index < -0.39 is 11.4 Å². The molecule has 2 fully saturated rings. The number of hydrogen-bond donors (Lipinski definition) is 1. The highest BCUT2D eigenvalue weighted by molar-refractivity contribution is 5.87. The molecule has 0 unspecified atom stereocenters. The predicted molar refractivity (Wildman–Crippen MR) is 81.9 cm³/mol. The Morgan fingerprint density at radius 2 is 1.91 bits per heavy atom. The first kappa shape index (κ1) is 15.3. The second-order valence-corrected chi connectivity index (χ2v) is 6.04. The van der Waals surface area contributed by atoms with Crippen LogP contribution in [0.15, 0.2) is 18.3 Å². The fourth-order valence-electron chi connectivity index (χ4n) is 3.04. The van der Waals surface area contributed by atoms with Crippen LogP contribution in [0.4, 0.5) is 5.82 Å². The minimum Gasteiger partial charge on any atom is -0.478 e. The maximum atomic E-state index is 12.5. The van der Waals surface area contributed by atoms with E-state index >= 15 is 0 Å². The fourth-order valence-corrected chi connectivity index (χ4v) is 3.04. The van der Waals surface area contributed by atoms with E-state index in [9.17, 15) is 14.9 Å². The molecule has 1 aliphatic carbocycles. The summed E-state index contributed by atoms with van der Waals surface area (Å²) < 4.78 is 0. The summed E-state index contributed by atoms with van der Waals surface area (Å²) in [5.74, 6) is -0.331. The Bertz CT molecular complexity index is 653. The van der Waals surface area contributed by atoms with Crippen molar-refractivity contribution in [3.05, 3.63) is 23.9 Å². The van der Waals surface area contributed by atoms with Gasteiger partial charge in [-0.05, 0) is 31.4 Å². The molecule has 120 valence electrons. The van der Waals surface area contributed by atoms with Crippen molar-refractivity contribution in [3.63, 3.8) is 0 Å². The fraction of sp³-hybridized carbons (Fsp3) is 0.500. The van der Waals surface area contributed by atoms with Gasteiger partial charge in [-0.2, -0.15) is 5.26 Å². The van der Waals surface area contributed by atoms with E-state index in [1.807, 2.05) is 4.90 Å². The van der Waals surface area contributed by atoms with Crippen molar-refractivity contribution >= 4 is 17.7 Å². The van der Waals surface area contributed by atoms with Crippen LogP contribution < -0.4 is 4.90 Å². The minimum atomic E-state index is -0.998. The lowest BCUT2D eigenvalue weighted by Crippen LogP contribution is -2.54. The summed E-state index contributed by atoms with van der Waals surface area (Å²) >= 11 is 0. The van der Waals surface area contributed by atoms with Crippen molar-refractivity contribution in [2.45, 2.75) is 19.3 Å². The topological polar surface area (TPSA) is 97.5 Å². The van der Waals surface area contributed by atoms with E-state index in [4.69, 9.17) is 5.11 Å². The van der Waals surface area contributed by atoms with Gasteiger partial charge in [-0.1, -0.05) is 0 Å². The molecule has 1 saturated carbocycles. The van der Waals surface area contributed by atoms with Crippen LogP contribution in [0.25, 0.3) is 0 Å². The number of nitriles is 1. The van der Waals surface area contributed by atoms with Gasteiger partial charge >= 0.3 is 5.97 Å². The number of anilines is 1. The van der Waals surface area contributed by atoms with Crippen LogP contribution in [-0.4, -0.2) is 53.0 Å². The molecule has 7 nitrogen and oxygen atoms in total. The van der Waals surface area contributed by atoms with Crippen molar-refractivity contribution in [1.29, 1.82) is 5.26 Å². The minimum absolute atomic E-state index is 0.0416. The van der Waals surface area contributed by atoms with Crippen molar-refractivity contribution in [1.82, 2.24) is 9.88 Å². The van der Waals surface area contributed by atoms with E-state index in [1.54, 1.807) is 11.0 Å². The molecule has 1 amide bonds. The van der Waals surface area contributed by atoms with Gasteiger partial charge in [0.1, 0.15) is 11.2 Å². The molecule has 1 aliphatic heterocycles. The number of carboxylic acids is 1. The first-order valence-electron chi connectivity index (χ1n) is 7.71. The molecule has 0 spiro atoms. The van der Waals surface area contributed by atoms with E-state index in [0.29, 0.717) is 44.8 Å². The van der Waals surface area contributed by atoms with Crippen LogP contribution >= 0.6 is 0 Å². The van der Waals surface area contributed by atoms with Gasteiger partial charge in [0.25, 0.3) is 0 Å². The molecule has 2 heterocycles. The zero-order valence-corrected chi connectivity index (χ0v) is 12.7. The zero-order chi connectivity index (χ0) is 16.4. The van der Waals surface area contributed by atoms with Crippen molar-refractivity contribution < 1.29 is 14.7 Å². The van der Waals surface area contributed by atoms with Gasteiger partial charge in [0.05, 0.1) is 11.6 Å². The Labute approximate surface area is 134 Å². The summed E-state index contributed by atoms with van der Waals surface area (Å²) in [6, 6.07) is 5.41. The molecule has 7 heteroatoms. The predicted octanol–water partition coefficient (Wildman–Crippen LogP) is 1.12. The average Bonchev–Trinajstić information content (AvgIpc) is 2.54. The third-order valence-corrected chi connectivity index (χ3v) is 4.72. The molecule has 3 rings (SSSR count). The first-order valence-corrected chi connectivity index (χ1v) is 7.71. The third-order valence-electron chi connectivity index (χ3n) is 4.72. The van der Waals surface area contributed by atoms with Crippen LogP contribution in [0, 0.1) is 16.7 Å².